The van der Waals surface area contributed by atoms with Gasteiger partial charge in [0, 0.05) is 39.2 Å². The van der Waals surface area contributed by atoms with E-state index in [1.54, 1.807) is 27.2 Å². The predicted molar refractivity (Wildman–Crippen MR) is 91.7 cm³/mol. The maximum absolute atomic E-state index is 13.5. The molecule has 132 valence electrons. The van der Waals surface area contributed by atoms with Crippen molar-refractivity contribution in [1.29, 1.82) is 0 Å². The number of hydrogen-bond acceptors (Lipinski definition) is 3. The van der Waals surface area contributed by atoms with E-state index in [0.29, 0.717) is 18.1 Å². The lowest BCUT2D eigenvalue weighted by Crippen LogP contribution is -2.47. The maximum Gasteiger partial charge on any atom is 0.241 e. The molecular weight excluding hydrogens is 311 g/mol. The molecule has 2 N–H and O–H groups in total. The molecule has 0 spiro atoms. The van der Waals surface area contributed by atoms with E-state index >= 15 is 0 Å². The Hall–Kier alpha value is -2.31. The van der Waals surface area contributed by atoms with Crippen LogP contribution in [0.2, 0.25) is 0 Å². The molecule has 0 bridgehead atoms. The number of benzene rings is 1. The Balaban J connectivity index is 2.14. The van der Waals surface area contributed by atoms with Gasteiger partial charge in [0.15, 0.2) is 5.96 Å². The number of carbonyl (C=O) groups is 1. The zero-order valence-corrected chi connectivity index (χ0v) is 14.8. The monoisotopic (exact) mass is 336 g/mol. The van der Waals surface area contributed by atoms with Gasteiger partial charge in [-0.1, -0.05) is 6.07 Å². The molecule has 2 rings (SSSR count). The van der Waals surface area contributed by atoms with E-state index in [2.05, 4.69) is 15.6 Å². The van der Waals surface area contributed by atoms with E-state index in [1.165, 1.54) is 17.0 Å². The van der Waals surface area contributed by atoms with Crippen LogP contribution in [0.5, 0.6) is 5.75 Å². The van der Waals surface area contributed by atoms with Crippen molar-refractivity contribution in [2.75, 3.05) is 27.7 Å². The minimum Gasteiger partial charge on any atom is -0.487 e. The molecule has 6 nitrogen and oxygen atoms in total. The summed E-state index contributed by atoms with van der Waals surface area (Å²) in [6.45, 7) is 4.07. The molecule has 1 heterocycles. The van der Waals surface area contributed by atoms with Crippen LogP contribution in [-0.4, -0.2) is 50.1 Å². The molecule has 0 aromatic heterocycles. The van der Waals surface area contributed by atoms with Crippen molar-refractivity contribution in [3.8, 4) is 5.75 Å². The molecule has 0 fully saturated rings. The summed E-state index contributed by atoms with van der Waals surface area (Å²) in [7, 11) is 5.05. The van der Waals surface area contributed by atoms with E-state index < -0.39 is 5.60 Å². The first-order valence-electron chi connectivity index (χ1n) is 7.87. The van der Waals surface area contributed by atoms with Gasteiger partial charge in [-0.25, -0.2) is 4.39 Å². The number of hydrogen-bond donors (Lipinski definition) is 2. The van der Waals surface area contributed by atoms with Crippen molar-refractivity contribution < 1.29 is 13.9 Å². The zero-order valence-electron chi connectivity index (χ0n) is 14.8. The fourth-order valence-electron chi connectivity index (χ4n) is 2.63. The van der Waals surface area contributed by atoms with Crippen molar-refractivity contribution in [1.82, 2.24) is 15.5 Å². The molecule has 0 saturated heterocycles. The summed E-state index contributed by atoms with van der Waals surface area (Å²) in [4.78, 5) is 17.4. The third-order valence-electron chi connectivity index (χ3n) is 3.87. The minimum absolute atomic E-state index is 0.0484. The van der Waals surface area contributed by atoms with E-state index in [0.717, 1.165) is 5.56 Å². The van der Waals surface area contributed by atoms with E-state index in [4.69, 9.17) is 4.74 Å². The Morgan fingerprint density at radius 3 is 2.79 bits per heavy atom. The number of guanidine groups is 1. The van der Waals surface area contributed by atoms with Gasteiger partial charge in [-0.3, -0.25) is 9.79 Å². The normalized spacial score (nSPS) is 19.1. The highest BCUT2D eigenvalue weighted by atomic mass is 19.1. The second kappa shape index (κ2) is 7.07. The summed E-state index contributed by atoms with van der Waals surface area (Å²) >= 11 is 0. The van der Waals surface area contributed by atoms with Gasteiger partial charge in [-0.05, 0) is 19.9 Å². The minimum atomic E-state index is -0.434. The maximum atomic E-state index is 13.5. The first kappa shape index (κ1) is 18.0. The van der Waals surface area contributed by atoms with Crippen molar-refractivity contribution in [3.63, 3.8) is 0 Å². The highest BCUT2D eigenvalue weighted by Gasteiger charge is 2.34. The average Bonchev–Trinajstić information content (AvgIpc) is 2.49. The average molecular weight is 336 g/mol. The molecular formula is C17H25FN4O2. The molecule has 1 aromatic carbocycles. The Bertz CT molecular complexity index is 643. The first-order chi connectivity index (χ1) is 11.2. The van der Waals surface area contributed by atoms with Crippen LogP contribution < -0.4 is 15.4 Å². The topological polar surface area (TPSA) is 66.0 Å². The van der Waals surface area contributed by atoms with Crippen LogP contribution in [0.1, 0.15) is 31.9 Å². The lowest BCUT2D eigenvalue weighted by atomic mass is 9.90. The molecule has 7 heteroatoms. The van der Waals surface area contributed by atoms with Crippen LogP contribution >= 0.6 is 0 Å². The summed E-state index contributed by atoms with van der Waals surface area (Å²) in [6.07, 6.45) is 0.688. The van der Waals surface area contributed by atoms with Crippen LogP contribution in [0.4, 0.5) is 4.39 Å². The number of aliphatic imine (C=N–C) groups is 1. The van der Waals surface area contributed by atoms with Crippen LogP contribution in [0, 0.1) is 5.82 Å². The number of nitrogens with one attached hydrogen (secondary N) is 2. The third-order valence-corrected chi connectivity index (χ3v) is 3.87. The number of fused-ring (bicyclic) bond motifs is 1. The molecule has 1 aromatic rings. The quantitative estimate of drug-likeness (QED) is 0.651. The highest BCUT2D eigenvalue weighted by molar-refractivity contribution is 5.86. The summed E-state index contributed by atoms with van der Waals surface area (Å²) in [5, 5.41) is 6.30. The van der Waals surface area contributed by atoms with Crippen molar-refractivity contribution in [2.45, 2.75) is 31.9 Å². The van der Waals surface area contributed by atoms with E-state index in [-0.39, 0.29) is 24.3 Å². The molecule has 0 saturated carbocycles. The molecule has 1 unspecified atom stereocenters. The Morgan fingerprint density at radius 2 is 2.17 bits per heavy atom. The smallest absolute Gasteiger partial charge is 0.241 e. The summed E-state index contributed by atoms with van der Waals surface area (Å²) in [5.74, 6) is 0.670. The fraction of sp³-hybridized carbons (Fsp3) is 0.529. The summed E-state index contributed by atoms with van der Waals surface area (Å²) in [6, 6.07) is 4.44. The van der Waals surface area contributed by atoms with Crippen LogP contribution in [0.3, 0.4) is 0 Å². The SMILES string of the molecule is CN=C(NCC(=O)N(C)C)NC1CC(C)(C)Oc2cc(F)ccc21. The lowest BCUT2D eigenvalue weighted by molar-refractivity contribution is -0.127. The van der Waals surface area contributed by atoms with Crippen molar-refractivity contribution >= 4 is 11.9 Å². The number of rotatable bonds is 3. The van der Waals surface area contributed by atoms with Crippen molar-refractivity contribution in [2.24, 2.45) is 4.99 Å². The van der Waals surface area contributed by atoms with Gasteiger partial charge in [-0.2, -0.15) is 0 Å². The van der Waals surface area contributed by atoms with E-state index in [1.807, 2.05) is 13.8 Å². The Kier molecular flexibility index (Phi) is 5.31. The lowest BCUT2D eigenvalue weighted by Gasteiger charge is -2.38. The number of likely N-dealkylation sites (N-methyl/N-ethyl adjacent to an activating group) is 1. The molecule has 24 heavy (non-hydrogen) atoms. The molecule has 1 amide bonds. The van der Waals surface area contributed by atoms with Crippen LogP contribution in [-0.2, 0) is 4.79 Å². The van der Waals surface area contributed by atoms with Gasteiger partial charge in [-0.15, -0.1) is 0 Å². The third kappa shape index (κ3) is 4.37. The fourth-order valence-corrected chi connectivity index (χ4v) is 2.63. The number of amides is 1. The van der Waals surface area contributed by atoms with Gasteiger partial charge in [0.05, 0.1) is 12.6 Å². The summed E-state index contributed by atoms with van der Waals surface area (Å²) < 4.78 is 19.4. The second-order valence-corrected chi connectivity index (χ2v) is 6.66. The molecule has 1 aliphatic heterocycles. The van der Waals surface area contributed by atoms with Gasteiger partial charge >= 0.3 is 0 Å². The van der Waals surface area contributed by atoms with Crippen LogP contribution in [0.15, 0.2) is 23.2 Å². The highest BCUT2D eigenvalue weighted by Crippen LogP contribution is 2.39. The number of nitrogens with zero attached hydrogens (tertiary/aromatic N) is 2. The molecule has 0 radical (unpaired) electrons. The Labute approximate surface area is 142 Å². The molecule has 1 atom stereocenters. The number of carbonyl (C=O) groups excluding carboxylic acids is 1. The molecule has 1 aliphatic rings. The summed E-state index contributed by atoms with van der Waals surface area (Å²) in [5.41, 5.74) is 0.439. The number of ether oxygens (including phenoxy) is 1. The van der Waals surface area contributed by atoms with Crippen molar-refractivity contribution in [3.05, 3.63) is 29.6 Å². The second-order valence-electron chi connectivity index (χ2n) is 6.66. The number of halogens is 1. The van der Waals surface area contributed by atoms with Gasteiger partial charge < -0.3 is 20.3 Å². The standard InChI is InChI=1S/C17H25FN4O2/c1-17(2)9-13(12-7-6-11(18)8-14(12)24-17)21-16(19-3)20-10-15(23)22(4)5/h6-8,13H,9-10H2,1-5H3,(H2,19,20,21). The molecule has 0 aliphatic carbocycles. The first-order valence-corrected chi connectivity index (χ1v) is 7.87. The van der Waals surface area contributed by atoms with Gasteiger partial charge in [0.2, 0.25) is 5.91 Å². The predicted octanol–water partition coefficient (Wildman–Crippen LogP) is 1.68. The Morgan fingerprint density at radius 1 is 1.46 bits per heavy atom. The van der Waals surface area contributed by atoms with Gasteiger partial charge in [0.1, 0.15) is 17.2 Å². The van der Waals surface area contributed by atoms with Gasteiger partial charge in [0.25, 0.3) is 0 Å². The van der Waals surface area contributed by atoms with E-state index in [9.17, 15) is 9.18 Å². The zero-order chi connectivity index (χ0) is 17.9. The largest absolute Gasteiger partial charge is 0.487 e. The van der Waals surface area contributed by atoms with Crippen LogP contribution in [0.25, 0.3) is 0 Å².